The summed E-state index contributed by atoms with van der Waals surface area (Å²) >= 11 is 4.19. The summed E-state index contributed by atoms with van der Waals surface area (Å²) in [7, 11) is 0. The molecule has 1 aromatic carbocycles. The van der Waals surface area contributed by atoms with Gasteiger partial charge in [0.05, 0.1) is 0 Å². The molecule has 0 saturated heterocycles. The van der Waals surface area contributed by atoms with Gasteiger partial charge in [0.2, 0.25) is 0 Å². The Morgan fingerprint density at radius 2 is 2.27 bits per heavy atom. The molecule has 0 spiro atoms. The minimum absolute atomic E-state index is 0.509. The molecule has 2 nitrogen and oxygen atoms in total. The maximum atomic E-state index is 5.70. The number of thioether (sulfide) groups is 1. The molecule has 4 heteroatoms. The van der Waals surface area contributed by atoms with Gasteiger partial charge < -0.3 is 11.1 Å². The standard InChI is InChI=1S/C11H17IN2S/c1-8(5-6-15-2)14-11-4-3-9(13)7-10(11)12/h3-4,7-8,14H,5-6,13H2,1-2H3. The van der Waals surface area contributed by atoms with Gasteiger partial charge in [-0.1, -0.05) is 0 Å². The fourth-order valence-electron chi connectivity index (χ4n) is 1.28. The van der Waals surface area contributed by atoms with Crippen LogP contribution in [0.5, 0.6) is 0 Å². The molecule has 1 aromatic rings. The Labute approximate surface area is 110 Å². The Balaban J connectivity index is 2.56. The Kier molecular flexibility index (Phi) is 5.60. The summed E-state index contributed by atoms with van der Waals surface area (Å²) in [5, 5.41) is 3.50. The van der Waals surface area contributed by atoms with Crippen LogP contribution in [0.4, 0.5) is 11.4 Å². The van der Waals surface area contributed by atoms with E-state index in [0.29, 0.717) is 6.04 Å². The largest absolute Gasteiger partial charge is 0.399 e. The molecule has 0 fully saturated rings. The SMILES string of the molecule is CSCCC(C)Nc1ccc(N)cc1I. The summed E-state index contributed by atoms with van der Waals surface area (Å²) < 4.78 is 1.18. The smallest absolute Gasteiger partial charge is 0.0479 e. The first-order chi connectivity index (χ1) is 7.13. The Morgan fingerprint density at radius 1 is 1.53 bits per heavy atom. The van der Waals surface area contributed by atoms with E-state index in [-0.39, 0.29) is 0 Å². The molecule has 0 aliphatic heterocycles. The van der Waals surface area contributed by atoms with Crippen molar-refractivity contribution in [2.45, 2.75) is 19.4 Å². The third kappa shape index (κ3) is 4.51. The van der Waals surface area contributed by atoms with E-state index in [0.717, 1.165) is 5.69 Å². The number of rotatable bonds is 5. The number of nitrogens with two attached hydrogens (primary N) is 1. The maximum absolute atomic E-state index is 5.70. The number of benzene rings is 1. The molecule has 0 bridgehead atoms. The summed E-state index contributed by atoms with van der Waals surface area (Å²) in [5.41, 5.74) is 7.70. The molecule has 3 N–H and O–H groups in total. The van der Waals surface area contributed by atoms with Crippen molar-refractivity contribution >= 4 is 45.7 Å². The Hall–Kier alpha value is -0.100. The van der Waals surface area contributed by atoms with Gasteiger partial charge >= 0.3 is 0 Å². The van der Waals surface area contributed by atoms with E-state index in [9.17, 15) is 0 Å². The third-order valence-corrected chi connectivity index (χ3v) is 3.69. The average molecular weight is 336 g/mol. The molecule has 84 valence electrons. The van der Waals surface area contributed by atoms with Crippen molar-refractivity contribution in [2.24, 2.45) is 0 Å². The predicted octanol–water partition coefficient (Wildman–Crippen LogP) is 3.43. The highest BCUT2D eigenvalue weighted by Gasteiger charge is 2.04. The first-order valence-electron chi connectivity index (χ1n) is 4.94. The molecule has 1 atom stereocenters. The van der Waals surface area contributed by atoms with Crippen molar-refractivity contribution < 1.29 is 0 Å². The molecule has 0 saturated carbocycles. The van der Waals surface area contributed by atoms with Crippen molar-refractivity contribution in [1.82, 2.24) is 0 Å². The van der Waals surface area contributed by atoms with E-state index < -0.39 is 0 Å². The normalized spacial score (nSPS) is 12.5. The van der Waals surface area contributed by atoms with Crippen molar-refractivity contribution in [3.8, 4) is 0 Å². The van der Waals surface area contributed by atoms with E-state index in [2.05, 4.69) is 41.1 Å². The predicted molar refractivity (Wildman–Crippen MR) is 79.7 cm³/mol. The molecule has 0 heterocycles. The lowest BCUT2D eigenvalue weighted by Gasteiger charge is -2.16. The van der Waals surface area contributed by atoms with Crippen LogP contribution in [0, 0.1) is 3.57 Å². The molecule has 0 aromatic heterocycles. The highest BCUT2D eigenvalue weighted by Crippen LogP contribution is 2.22. The molecule has 0 aliphatic carbocycles. The van der Waals surface area contributed by atoms with Gasteiger partial charge in [0.25, 0.3) is 0 Å². The van der Waals surface area contributed by atoms with E-state index in [1.54, 1.807) is 0 Å². The van der Waals surface area contributed by atoms with Crippen molar-refractivity contribution in [3.05, 3.63) is 21.8 Å². The number of nitrogen functional groups attached to an aromatic ring is 1. The Bertz CT molecular complexity index is 317. The molecular weight excluding hydrogens is 319 g/mol. The van der Waals surface area contributed by atoms with E-state index in [1.165, 1.54) is 21.4 Å². The molecule has 1 rings (SSSR count). The van der Waals surface area contributed by atoms with Crippen LogP contribution in [0.3, 0.4) is 0 Å². The molecule has 0 aliphatic rings. The van der Waals surface area contributed by atoms with E-state index in [4.69, 9.17) is 5.73 Å². The van der Waals surface area contributed by atoms with Gasteiger partial charge in [0, 0.05) is 21.0 Å². The second-order valence-electron chi connectivity index (χ2n) is 3.57. The number of halogens is 1. The lowest BCUT2D eigenvalue weighted by atomic mass is 10.2. The van der Waals surface area contributed by atoms with Crippen LogP contribution in [-0.2, 0) is 0 Å². The first-order valence-corrected chi connectivity index (χ1v) is 7.41. The second-order valence-corrected chi connectivity index (χ2v) is 5.71. The minimum Gasteiger partial charge on any atom is -0.399 e. The lowest BCUT2D eigenvalue weighted by molar-refractivity contribution is 0.771. The van der Waals surface area contributed by atoms with Gasteiger partial charge in [-0.15, -0.1) is 0 Å². The molecular formula is C11H17IN2S. The van der Waals surface area contributed by atoms with Crippen molar-refractivity contribution in [1.29, 1.82) is 0 Å². The van der Waals surface area contributed by atoms with Gasteiger partial charge in [0.15, 0.2) is 0 Å². The van der Waals surface area contributed by atoms with Crippen LogP contribution in [-0.4, -0.2) is 18.1 Å². The van der Waals surface area contributed by atoms with Crippen LogP contribution in [0.2, 0.25) is 0 Å². The van der Waals surface area contributed by atoms with E-state index >= 15 is 0 Å². The first kappa shape index (κ1) is 13.0. The van der Waals surface area contributed by atoms with Crippen LogP contribution < -0.4 is 11.1 Å². The fourth-order valence-corrected chi connectivity index (χ4v) is 2.57. The zero-order valence-electron chi connectivity index (χ0n) is 9.09. The zero-order chi connectivity index (χ0) is 11.3. The maximum Gasteiger partial charge on any atom is 0.0479 e. The quantitative estimate of drug-likeness (QED) is 0.639. The van der Waals surface area contributed by atoms with Crippen molar-refractivity contribution in [2.75, 3.05) is 23.1 Å². The zero-order valence-corrected chi connectivity index (χ0v) is 12.1. The minimum atomic E-state index is 0.509. The van der Waals surface area contributed by atoms with E-state index in [1.807, 2.05) is 30.0 Å². The van der Waals surface area contributed by atoms with Gasteiger partial charge in [-0.3, -0.25) is 0 Å². The highest BCUT2D eigenvalue weighted by atomic mass is 127. The van der Waals surface area contributed by atoms with Gasteiger partial charge in [-0.25, -0.2) is 0 Å². The summed E-state index contributed by atoms with van der Waals surface area (Å²) in [6.07, 6.45) is 3.32. The number of hydrogen-bond acceptors (Lipinski definition) is 3. The monoisotopic (exact) mass is 336 g/mol. The van der Waals surface area contributed by atoms with Gasteiger partial charge in [-0.05, 0) is 66.1 Å². The Morgan fingerprint density at radius 3 is 2.87 bits per heavy atom. The summed E-state index contributed by atoms with van der Waals surface area (Å²) in [4.78, 5) is 0. The topological polar surface area (TPSA) is 38.0 Å². The summed E-state index contributed by atoms with van der Waals surface area (Å²) in [6.45, 7) is 2.21. The van der Waals surface area contributed by atoms with Crippen LogP contribution in [0.25, 0.3) is 0 Å². The third-order valence-electron chi connectivity index (χ3n) is 2.15. The molecule has 0 amide bonds. The van der Waals surface area contributed by atoms with Gasteiger partial charge in [-0.2, -0.15) is 11.8 Å². The summed E-state index contributed by atoms with van der Waals surface area (Å²) in [5.74, 6) is 1.19. The molecule has 0 radical (unpaired) electrons. The van der Waals surface area contributed by atoms with Crippen LogP contribution in [0.15, 0.2) is 18.2 Å². The van der Waals surface area contributed by atoms with Crippen molar-refractivity contribution in [3.63, 3.8) is 0 Å². The number of anilines is 2. The number of hydrogen-bond donors (Lipinski definition) is 2. The highest BCUT2D eigenvalue weighted by molar-refractivity contribution is 14.1. The average Bonchev–Trinajstić information content (AvgIpc) is 2.19. The van der Waals surface area contributed by atoms with Crippen LogP contribution in [0.1, 0.15) is 13.3 Å². The fraction of sp³-hybridized carbons (Fsp3) is 0.455. The summed E-state index contributed by atoms with van der Waals surface area (Å²) in [6, 6.07) is 6.48. The molecule has 1 unspecified atom stereocenters. The number of nitrogens with one attached hydrogen (secondary N) is 1. The van der Waals surface area contributed by atoms with Crippen LogP contribution >= 0.6 is 34.4 Å². The second kappa shape index (κ2) is 6.48. The van der Waals surface area contributed by atoms with Gasteiger partial charge in [0.1, 0.15) is 0 Å². The lowest BCUT2D eigenvalue weighted by Crippen LogP contribution is -2.16. The molecule has 15 heavy (non-hydrogen) atoms.